The first-order chi connectivity index (χ1) is 9.19. The van der Waals surface area contributed by atoms with Crippen LogP contribution in [0.4, 0.5) is 0 Å². The largest absolute Gasteiger partial charge is 0.324 e. The topological polar surface area (TPSA) is 43.1 Å². The Kier molecular flexibility index (Phi) is 10.0. The molecule has 0 bridgehead atoms. The van der Waals surface area contributed by atoms with Crippen molar-refractivity contribution in [2.45, 2.75) is 20.8 Å². The van der Waals surface area contributed by atoms with Gasteiger partial charge in [-0.05, 0) is 31.9 Å². The van der Waals surface area contributed by atoms with E-state index in [1.54, 1.807) is 0 Å². The highest BCUT2D eigenvalue weighted by Crippen LogP contribution is 2.16. The number of hydrogen-bond donors (Lipinski definition) is 1. The highest BCUT2D eigenvalue weighted by atomic mass is 16.1. The van der Waals surface area contributed by atoms with Crippen LogP contribution in [0.15, 0.2) is 54.6 Å². The molecule has 1 rings (SSSR count). The van der Waals surface area contributed by atoms with Crippen molar-refractivity contribution in [2.24, 2.45) is 5.73 Å². The predicted octanol–water partition coefficient (Wildman–Crippen LogP) is 3.67. The molecule has 2 nitrogen and oxygen atoms in total. The molecule has 102 valence electrons. The van der Waals surface area contributed by atoms with Gasteiger partial charge in [-0.1, -0.05) is 60.2 Å². The van der Waals surface area contributed by atoms with Gasteiger partial charge in [-0.2, -0.15) is 0 Å². The second-order valence-corrected chi connectivity index (χ2v) is 3.92. The maximum atomic E-state index is 9.05. The van der Waals surface area contributed by atoms with Gasteiger partial charge in [0.05, 0.1) is 0 Å². The van der Waals surface area contributed by atoms with E-state index in [0.29, 0.717) is 6.29 Å². The fourth-order valence-corrected chi connectivity index (χ4v) is 1.37. The van der Waals surface area contributed by atoms with Crippen molar-refractivity contribution in [1.29, 1.82) is 0 Å². The van der Waals surface area contributed by atoms with Gasteiger partial charge in [0.25, 0.3) is 0 Å². The van der Waals surface area contributed by atoms with Crippen molar-refractivity contribution in [3.05, 3.63) is 65.8 Å². The van der Waals surface area contributed by atoms with Crippen molar-refractivity contribution in [3.8, 4) is 0 Å². The van der Waals surface area contributed by atoms with Gasteiger partial charge in [-0.3, -0.25) is 0 Å². The van der Waals surface area contributed by atoms with E-state index in [9.17, 15) is 0 Å². The van der Waals surface area contributed by atoms with Crippen molar-refractivity contribution in [3.63, 3.8) is 0 Å². The van der Waals surface area contributed by atoms with Crippen LogP contribution in [0.3, 0.4) is 0 Å². The van der Waals surface area contributed by atoms with E-state index >= 15 is 0 Å². The molecule has 0 aliphatic rings. The van der Waals surface area contributed by atoms with E-state index in [4.69, 9.17) is 4.79 Å². The first kappa shape index (κ1) is 17.1. The third kappa shape index (κ3) is 7.90. The Morgan fingerprint density at radius 2 is 1.74 bits per heavy atom. The molecule has 0 saturated carbocycles. The molecule has 0 aromatic heterocycles. The Morgan fingerprint density at radius 3 is 2.16 bits per heavy atom. The molecule has 0 heterocycles. The number of rotatable bonds is 4. The first-order valence-corrected chi connectivity index (χ1v) is 6.36. The summed E-state index contributed by atoms with van der Waals surface area (Å²) in [4.78, 5) is 9.05. The minimum atomic E-state index is 0.139. The maximum absolute atomic E-state index is 9.05. The molecule has 1 aromatic rings. The van der Waals surface area contributed by atoms with Crippen LogP contribution in [0.5, 0.6) is 0 Å². The van der Waals surface area contributed by atoms with Gasteiger partial charge in [0.2, 0.25) is 0 Å². The number of aldehydes is 1. The van der Waals surface area contributed by atoms with Gasteiger partial charge in [-0.15, -0.1) is 0 Å². The van der Waals surface area contributed by atoms with Crippen molar-refractivity contribution in [2.75, 3.05) is 6.54 Å². The number of aryl methyl sites for hydroxylation is 1. The lowest BCUT2D eigenvalue weighted by Gasteiger charge is -2.02. The molecule has 0 amide bonds. The Morgan fingerprint density at radius 1 is 1.16 bits per heavy atom. The molecule has 0 saturated heterocycles. The molecule has 0 unspecified atom stereocenters. The lowest BCUT2D eigenvalue weighted by molar-refractivity contribution is -0.106. The van der Waals surface area contributed by atoms with Gasteiger partial charge in [-0.25, -0.2) is 0 Å². The van der Waals surface area contributed by atoms with Gasteiger partial charge < -0.3 is 10.5 Å². The summed E-state index contributed by atoms with van der Waals surface area (Å²) < 4.78 is 0. The van der Waals surface area contributed by atoms with Crippen LogP contribution in [-0.2, 0) is 4.79 Å². The normalized spacial score (nSPS) is 11.5. The third-order valence-corrected chi connectivity index (χ3v) is 2.30. The maximum Gasteiger partial charge on any atom is 0.133 e. The zero-order chi connectivity index (χ0) is 14.5. The number of hydrogen-bond acceptors (Lipinski definition) is 2. The minimum Gasteiger partial charge on any atom is -0.324 e. The summed E-state index contributed by atoms with van der Waals surface area (Å²) in [6.45, 7) is 6.31. The Balaban J connectivity index is 0.000000711. The van der Waals surface area contributed by atoms with Crippen LogP contribution >= 0.6 is 0 Å². The summed E-state index contributed by atoms with van der Waals surface area (Å²) in [6, 6.07) is 8.60. The van der Waals surface area contributed by atoms with Crippen LogP contribution in [-0.4, -0.2) is 12.8 Å². The molecule has 1 aromatic carbocycles. The summed E-state index contributed by atoms with van der Waals surface area (Å²) in [5.41, 5.74) is 8.46. The highest BCUT2D eigenvalue weighted by molar-refractivity contribution is 5.75. The van der Waals surface area contributed by atoms with E-state index < -0.39 is 0 Å². The molecule has 0 aliphatic carbocycles. The molecule has 2 heteroatoms. The van der Waals surface area contributed by atoms with Gasteiger partial charge >= 0.3 is 0 Å². The van der Waals surface area contributed by atoms with E-state index in [-0.39, 0.29) is 6.54 Å². The summed E-state index contributed by atoms with van der Waals surface area (Å²) in [5, 5.41) is 0. The number of nitrogens with two attached hydrogens (primary N) is 1. The van der Waals surface area contributed by atoms with E-state index in [2.05, 4.69) is 61.2 Å². The predicted molar refractivity (Wildman–Crippen MR) is 83.9 cm³/mol. The number of carbonyl (C=O) groups excluding carboxylic acids is 1. The van der Waals surface area contributed by atoms with Gasteiger partial charge in [0.1, 0.15) is 6.29 Å². The van der Waals surface area contributed by atoms with Crippen molar-refractivity contribution >= 4 is 11.9 Å². The van der Waals surface area contributed by atoms with Crippen LogP contribution in [0.2, 0.25) is 0 Å². The zero-order valence-electron chi connectivity index (χ0n) is 12.0. The SMILES string of the molecule is C\C=C/C=C(\C=C/C)c1ccc(C)cc1.NCC=O. The van der Waals surface area contributed by atoms with Crippen molar-refractivity contribution in [1.82, 2.24) is 0 Å². The van der Waals surface area contributed by atoms with Crippen molar-refractivity contribution < 1.29 is 4.79 Å². The average Bonchev–Trinajstić information content (AvgIpc) is 2.45. The molecule has 0 radical (unpaired) electrons. The lowest BCUT2D eigenvalue weighted by atomic mass is 10.0. The molecular weight excluding hydrogens is 234 g/mol. The van der Waals surface area contributed by atoms with Crippen LogP contribution in [0, 0.1) is 6.92 Å². The van der Waals surface area contributed by atoms with E-state index in [0.717, 1.165) is 0 Å². The molecular formula is C17H23NO. The Hall–Kier alpha value is -1.93. The smallest absolute Gasteiger partial charge is 0.133 e. The standard InChI is InChI=1S/C15H18.C2H5NO/c1-4-6-8-14(7-5-2)15-11-9-13(3)10-12-15;3-1-2-4/h4-12H,1-3H3;2H,1,3H2/b6-4-,7-5-,14-8+;. The highest BCUT2D eigenvalue weighted by Gasteiger charge is 1.95. The second-order valence-electron chi connectivity index (χ2n) is 3.92. The molecule has 0 spiro atoms. The van der Waals surface area contributed by atoms with E-state index in [1.165, 1.54) is 16.7 Å². The summed E-state index contributed by atoms with van der Waals surface area (Å²) in [6.07, 6.45) is 11.1. The van der Waals surface area contributed by atoms with Gasteiger partial charge in [0, 0.05) is 6.54 Å². The van der Waals surface area contributed by atoms with Gasteiger partial charge in [0.15, 0.2) is 0 Å². The number of allylic oxidation sites excluding steroid dienone is 6. The number of carbonyl (C=O) groups is 1. The minimum absolute atomic E-state index is 0.139. The third-order valence-electron chi connectivity index (χ3n) is 2.30. The Bertz CT molecular complexity index is 439. The molecule has 19 heavy (non-hydrogen) atoms. The Labute approximate surface area is 116 Å². The lowest BCUT2D eigenvalue weighted by Crippen LogP contribution is -1.97. The fraction of sp³-hybridized carbons (Fsp3) is 0.235. The average molecular weight is 257 g/mol. The second kappa shape index (κ2) is 11.2. The summed E-state index contributed by atoms with van der Waals surface area (Å²) in [7, 11) is 0. The number of benzene rings is 1. The van der Waals surface area contributed by atoms with Crippen LogP contribution in [0.1, 0.15) is 25.0 Å². The summed E-state index contributed by atoms with van der Waals surface area (Å²) >= 11 is 0. The van der Waals surface area contributed by atoms with E-state index in [1.807, 2.05) is 19.9 Å². The van der Waals surface area contributed by atoms with Crippen LogP contribution < -0.4 is 5.73 Å². The molecule has 0 aliphatic heterocycles. The van der Waals surface area contributed by atoms with Crippen LogP contribution in [0.25, 0.3) is 5.57 Å². The zero-order valence-corrected chi connectivity index (χ0v) is 12.0. The fourth-order valence-electron chi connectivity index (χ4n) is 1.37. The molecule has 0 atom stereocenters. The quantitative estimate of drug-likeness (QED) is 0.660. The molecule has 2 N–H and O–H groups in total. The first-order valence-electron chi connectivity index (χ1n) is 6.36. The molecule has 0 fully saturated rings. The summed E-state index contributed by atoms with van der Waals surface area (Å²) in [5.74, 6) is 0. The monoisotopic (exact) mass is 257 g/mol.